The van der Waals surface area contributed by atoms with E-state index in [-0.39, 0.29) is 5.56 Å². The highest BCUT2D eigenvalue weighted by Gasteiger charge is 2.03. The van der Waals surface area contributed by atoms with Crippen molar-refractivity contribution in [3.63, 3.8) is 0 Å². The van der Waals surface area contributed by atoms with E-state index in [1.807, 2.05) is 37.3 Å². The summed E-state index contributed by atoms with van der Waals surface area (Å²) < 4.78 is 0.377. The van der Waals surface area contributed by atoms with Crippen LogP contribution in [0, 0.1) is 0 Å². The second-order valence-corrected chi connectivity index (χ2v) is 4.39. The lowest BCUT2D eigenvalue weighted by Crippen LogP contribution is -2.11. The Morgan fingerprint density at radius 1 is 1.39 bits per heavy atom. The summed E-state index contributed by atoms with van der Waals surface area (Å²) in [5.41, 5.74) is 4.87. The number of benzene rings is 1. The minimum absolute atomic E-state index is 0.299. The van der Waals surface area contributed by atoms with Gasteiger partial charge in [-0.25, -0.2) is 5.10 Å². The van der Waals surface area contributed by atoms with Crippen LogP contribution in [0.25, 0.3) is 0 Å². The van der Waals surface area contributed by atoms with Gasteiger partial charge in [-0.1, -0.05) is 30.3 Å². The molecule has 92 valence electrons. The number of nitrogens with one attached hydrogen (secondary N) is 2. The van der Waals surface area contributed by atoms with Crippen LogP contribution in [0.4, 0.5) is 5.69 Å². The fraction of sp³-hybridized carbons (Fsp3) is 0.0833. The fourth-order valence-electron chi connectivity index (χ4n) is 1.35. The summed E-state index contributed by atoms with van der Waals surface area (Å²) >= 11 is 3.17. The van der Waals surface area contributed by atoms with Crippen LogP contribution in [0.5, 0.6) is 0 Å². The van der Waals surface area contributed by atoms with Gasteiger partial charge in [0.05, 0.1) is 17.6 Å². The Kier molecular flexibility index (Phi) is 3.88. The molecule has 5 nitrogen and oxygen atoms in total. The number of rotatable bonds is 3. The quantitative estimate of drug-likeness (QED) is 0.675. The number of H-pyrrole nitrogens is 1. The fourth-order valence-corrected chi connectivity index (χ4v) is 1.63. The maximum absolute atomic E-state index is 11.3. The first kappa shape index (κ1) is 12.5. The molecule has 2 N–H and O–H groups in total. The van der Waals surface area contributed by atoms with Crippen molar-refractivity contribution in [2.45, 2.75) is 6.92 Å². The molecule has 0 atom stereocenters. The van der Waals surface area contributed by atoms with Gasteiger partial charge in [0.1, 0.15) is 4.47 Å². The normalized spacial score (nSPS) is 11.3. The summed E-state index contributed by atoms with van der Waals surface area (Å²) in [4.78, 5) is 11.3. The van der Waals surface area contributed by atoms with E-state index in [1.54, 1.807) is 0 Å². The molecule has 0 bridgehead atoms. The number of aromatic nitrogens is 2. The highest BCUT2D eigenvalue weighted by atomic mass is 79.9. The highest BCUT2D eigenvalue weighted by molar-refractivity contribution is 9.10. The number of hydrazone groups is 1. The van der Waals surface area contributed by atoms with Crippen LogP contribution in [0.1, 0.15) is 12.5 Å². The van der Waals surface area contributed by atoms with Crippen molar-refractivity contribution in [1.29, 1.82) is 0 Å². The maximum Gasteiger partial charge on any atom is 0.280 e. The van der Waals surface area contributed by atoms with E-state index >= 15 is 0 Å². The van der Waals surface area contributed by atoms with Gasteiger partial charge in [0.2, 0.25) is 0 Å². The molecule has 1 heterocycles. The predicted octanol–water partition coefficient (Wildman–Crippen LogP) is 2.37. The molecule has 0 unspecified atom stereocenters. The molecule has 2 aromatic rings. The lowest BCUT2D eigenvalue weighted by Gasteiger charge is -2.04. The van der Waals surface area contributed by atoms with E-state index in [2.05, 4.69) is 36.7 Å². The molecule has 0 aliphatic rings. The van der Waals surface area contributed by atoms with E-state index < -0.39 is 0 Å². The van der Waals surface area contributed by atoms with Crippen molar-refractivity contribution in [1.82, 2.24) is 10.2 Å². The molecule has 18 heavy (non-hydrogen) atoms. The molecule has 0 amide bonds. The molecule has 0 spiro atoms. The summed E-state index contributed by atoms with van der Waals surface area (Å²) in [6, 6.07) is 9.76. The van der Waals surface area contributed by atoms with Crippen LogP contribution < -0.4 is 11.0 Å². The monoisotopic (exact) mass is 306 g/mol. The lowest BCUT2D eigenvalue weighted by molar-refractivity contribution is 0.976. The second kappa shape index (κ2) is 5.59. The molecule has 0 fully saturated rings. The topological polar surface area (TPSA) is 70.1 Å². The Labute approximate surface area is 112 Å². The number of halogens is 1. The van der Waals surface area contributed by atoms with E-state index in [1.165, 1.54) is 6.20 Å². The first-order valence-electron chi connectivity index (χ1n) is 5.27. The molecular weight excluding hydrogens is 296 g/mol. The minimum Gasteiger partial charge on any atom is -0.275 e. The first-order valence-corrected chi connectivity index (χ1v) is 6.06. The predicted molar refractivity (Wildman–Crippen MR) is 74.8 cm³/mol. The molecule has 0 aliphatic heterocycles. The summed E-state index contributed by atoms with van der Waals surface area (Å²) in [6.07, 6.45) is 1.49. The third-order valence-corrected chi connectivity index (χ3v) is 3.12. The summed E-state index contributed by atoms with van der Waals surface area (Å²) in [7, 11) is 0. The Hall–Kier alpha value is -1.95. The molecular formula is C12H11BrN4O. The van der Waals surface area contributed by atoms with E-state index in [4.69, 9.17) is 0 Å². The molecule has 6 heteroatoms. The van der Waals surface area contributed by atoms with Crippen LogP contribution in [0.3, 0.4) is 0 Å². The van der Waals surface area contributed by atoms with Crippen molar-refractivity contribution in [3.05, 3.63) is 56.9 Å². The van der Waals surface area contributed by atoms with Gasteiger partial charge < -0.3 is 0 Å². The molecule has 0 aliphatic carbocycles. The van der Waals surface area contributed by atoms with Crippen molar-refractivity contribution < 1.29 is 0 Å². The van der Waals surface area contributed by atoms with Gasteiger partial charge in [-0.3, -0.25) is 10.2 Å². The van der Waals surface area contributed by atoms with Gasteiger partial charge in [-0.05, 0) is 28.4 Å². The van der Waals surface area contributed by atoms with Crippen molar-refractivity contribution in [2.24, 2.45) is 5.10 Å². The standard InChI is InChI=1S/C12H11BrN4O/c1-8(9-5-3-2-4-6-9)15-16-10-7-14-17-12(18)11(10)13/h2-7H,1H3,(H2,16,17,18)/b15-8+. The largest absolute Gasteiger partial charge is 0.280 e. The van der Waals surface area contributed by atoms with Gasteiger partial charge in [0.25, 0.3) is 5.56 Å². The number of hydrogen-bond acceptors (Lipinski definition) is 4. The van der Waals surface area contributed by atoms with Crippen LogP contribution in [-0.4, -0.2) is 15.9 Å². The van der Waals surface area contributed by atoms with E-state index in [9.17, 15) is 4.79 Å². The lowest BCUT2D eigenvalue weighted by atomic mass is 10.1. The Bertz CT molecular complexity index is 621. The molecule has 2 rings (SSSR count). The number of nitrogens with zero attached hydrogens (tertiary/aromatic N) is 2. The average molecular weight is 307 g/mol. The SMILES string of the molecule is C/C(=N\Nc1cn[nH]c(=O)c1Br)c1ccccc1. The van der Waals surface area contributed by atoms with E-state index in [0.29, 0.717) is 10.2 Å². The number of aromatic amines is 1. The summed E-state index contributed by atoms with van der Waals surface area (Å²) in [6.45, 7) is 1.89. The Morgan fingerprint density at radius 2 is 2.11 bits per heavy atom. The zero-order valence-corrected chi connectivity index (χ0v) is 11.2. The van der Waals surface area contributed by atoms with Crippen LogP contribution in [-0.2, 0) is 0 Å². The van der Waals surface area contributed by atoms with Crippen LogP contribution in [0.2, 0.25) is 0 Å². The summed E-state index contributed by atoms with van der Waals surface area (Å²) in [5.74, 6) is 0. The number of anilines is 1. The molecule has 0 saturated carbocycles. The van der Waals surface area contributed by atoms with Crippen molar-refractivity contribution >= 4 is 27.3 Å². The Balaban J connectivity index is 2.21. The van der Waals surface area contributed by atoms with Crippen molar-refractivity contribution in [3.8, 4) is 0 Å². The second-order valence-electron chi connectivity index (χ2n) is 3.60. The number of hydrogen-bond donors (Lipinski definition) is 2. The average Bonchev–Trinajstić information content (AvgIpc) is 2.41. The third kappa shape index (κ3) is 2.84. The van der Waals surface area contributed by atoms with E-state index in [0.717, 1.165) is 11.3 Å². The van der Waals surface area contributed by atoms with Gasteiger partial charge in [0.15, 0.2) is 0 Å². The Morgan fingerprint density at radius 3 is 2.83 bits per heavy atom. The molecule has 1 aromatic carbocycles. The molecule has 1 aromatic heterocycles. The zero-order valence-electron chi connectivity index (χ0n) is 9.64. The smallest absolute Gasteiger partial charge is 0.275 e. The van der Waals surface area contributed by atoms with Crippen molar-refractivity contribution in [2.75, 3.05) is 5.43 Å². The van der Waals surface area contributed by atoms with Gasteiger partial charge in [0, 0.05) is 0 Å². The molecule has 0 radical (unpaired) electrons. The van der Waals surface area contributed by atoms with Crippen LogP contribution >= 0.6 is 15.9 Å². The maximum atomic E-state index is 11.3. The molecule has 0 saturated heterocycles. The first-order chi connectivity index (χ1) is 8.68. The third-order valence-electron chi connectivity index (χ3n) is 2.33. The summed E-state index contributed by atoms with van der Waals surface area (Å²) in [5, 5.41) is 10.2. The minimum atomic E-state index is -0.299. The van der Waals surface area contributed by atoms with Gasteiger partial charge >= 0.3 is 0 Å². The van der Waals surface area contributed by atoms with Gasteiger partial charge in [-0.15, -0.1) is 0 Å². The van der Waals surface area contributed by atoms with Crippen LogP contribution in [0.15, 0.2) is 50.9 Å². The zero-order chi connectivity index (χ0) is 13.0. The van der Waals surface area contributed by atoms with Gasteiger partial charge in [-0.2, -0.15) is 10.2 Å². The highest BCUT2D eigenvalue weighted by Crippen LogP contribution is 2.15.